The molecule has 3 aliphatic rings. The van der Waals surface area contributed by atoms with Crippen molar-refractivity contribution in [1.29, 1.82) is 0 Å². The Hall–Kier alpha value is -3.15. The number of hydrogen-bond acceptors (Lipinski definition) is 1. The van der Waals surface area contributed by atoms with Crippen molar-refractivity contribution in [1.82, 2.24) is 0 Å². The summed E-state index contributed by atoms with van der Waals surface area (Å²) in [6.07, 6.45) is 16.9. The molecule has 1 nitrogen and oxygen atoms in total. The number of fused-ring (bicyclic) bond motifs is 3. The Balaban J connectivity index is 1.53. The molecular weight excluding hydrogens is 479 g/mol. The highest BCUT2D eigenvalue weighted by atomic mass is 31.2. The first-order chi connectivity index (χ1) is 18.4. The Bertz CT molecular complexity index is 1580. The second-order valence-corrected chi connectivity index (χ2v) is 15.8. The summed E-state index contributed by atoms with van der Waals surface area (Å²) in [5.74, 6) is 0.446. The van der Waals surface area contributed by atoms with Gasteiger partial charge >= 0.3 is 0 Å². The van der Waals surface area contributed by atoms with Crippen LogP contribution >= 0.6 is 7.14 Å². The summed E-state index contributed by atoms with van der Waals surface area (Å²) in [5, 5.41) is 2.53. The predicted octanol–water partition coefficient (Wildman–Crippen LogP) is 9.92. The third-order valence-corrected chi connectivity index (χ3v) is 13.5. The van der Waals surface area contributed by atoms with Crippen LogP contribution in [0.5, 0.6) is 0 Å². The molecule has 192 valence electrons. The fourth-order valence-corrected chi connectivity index (χ4v) is 10.6. The Labute approximate surface area is 227 Å². The molecule has 3 aromatic rings. The molecule has 0 fully saturated rings. The van der Waals surface area contributed by atoms with E-state index in [0.717, 1.165) is 6.42 Å². The lowest BCUT2D eigenvalue weighted by Crippen LogP contribution is -2.26. The molecule has 0 aromatic heterocycles. The molecule has 0 bridgehead atoms. The summed E-state index contributed by atoms with van der Waals surface area (Å²) in [6.45, 7) is 8.59. The fraction of sp³-hybridized carbons (Fsp3) is 0.278. The smallest absolute Gasteiger partial charge is 0.0993 e. The maximum atomic E-state index is 14.4. The molecule has 2 heteroatoms. The first kappa shape index (κ1) is 25.1. The topological polar surface area (TPSA) is 17.1 Å². The molecule has 0 radical (unpaired) electrons. The first-order valence-corrected chi connectivity index (χ1v) is 16.0. The average Bonchev–Trinajstić information content (AvgIpc) is 2.95. The highest BCUT2D eigenvalue weighted by Crippen LogP contribution is 2.62. The molecule has 0 heterocycles. The van der Waals surface area contributed by atoms with E-state index in [1.54, 1.807) is 0 Å². The largest absolute Gasteiger partial charge is 0.322 e. The van der Waals surface area contributed by atoms with Gasteiger partial charge in [-0.3, -0.25) is 0 Å². The van der Waals surface area contributed by atoms with Crippen LogP contribution in [0.1, 0.15) is 56.7 Å². The van der Waals surface area contributed by atoms with Crippen LogP contribution in [0, 0.1) is 5.92 Å². The standard InChI is InChI=1S/C36H37OP/c1-24(2)38(37,25(3)4)30-15-11-14-28(23-30)35-31-16-7-9-18-33(31)36(34-19-10-8-17-32(34)35)29-21-20-26-12-5-6-13-27(26)22-29/h5-14,16-25,30-31,35H,15H2,1-4H3. The van der Waals surface area contributed by atoms with Gasteiger partial charge in [0.05, 0.1) is 7.14 Å². The van der Waals surface area contributed by atoms with Crippen molar-refractivity contribution in [2.45, 2.75) is 57.0 Å². The van der Waals surface area contributed by atoms with Crippen LogP contribution in [0.4, 0.5) is 0 Å². The van der Waals surface area contributed by atoms with Gasteiger partial charge in [-0.25, -0.2) is 0 Å². The van der Waals surface area contributed by atoms with Crippen molar-refractivity contribution in [3.63, 3.8) is 0 Å². The van der Waals surface area contributed by atoms with E-state index in [2.05, 4.69) is 137 Å². The lowest BCUT2D eigenvalue weighted by atomic mass is 9.66. The zero-order chi connectivity index (χ0) is 26.4. The Kier molecular flexibility index (Phi) is 6.53. The van der Waals surface area contributed by atoms with Gasteiger partial charge in [0.1, 0.15) is 0 Å². The van der Waals surface area contributed by atoms with E-state index in [1.165, 1.54) is 44.2 Å². The molecule has 3 aromatic carbocycles. The molecule has 38 heavy (non-hydrogen) atoms. The van der Waals surface area contributed by atoms with Gasteiger partial charge in [0, 0.05) is 28.8 Å². The van der Waals surface area contributed by atoms with E-state index < -0.39 is 7.14 Å². The highest BCUT2D eigenvalue weighted by Gasteiger charge is 2.41. The summed E-state index contributed by atoms with van der Waals surface area (Å²) in [7, 11) is -2.40. The molecule has 3 aliphatic carbocycles. The third kappa shape index (κ3) is 4.04. The van der Waals surface area contributed by atoms with Crippen LogP contribution in [0.15, 0.2) is 120 Å². The molecule has 3 unspecified atom stereocenters. The molecule has 6 rings (SSSR count). The van der Waals surface area contributed by atoms with Crippen LogP contribution in [0.3, 0.4) is 0 Å². The fourth-order valence-electron chi connectivity index (χ4n) is 7.04. The molecular formula is C36H37OP. The van der Waals surface area contributed by atoms with Gasteiger partial charge in [-0.15, -0.1) is 0 Å². The third-order valence-electron chi connectivity index (χ3n) is 8.88. The van der Waals surface area contributed by atoms with E-state index in [4.69, 9.17) is 0 Å². The number of benzene rings is 3. The minimum Gasteiger partial charge on any atom is -0.322 e. The second kappa shape index (κ2) is 9.87. The van der Waals surface area contributed by atoms with Crippen LogP contribution in [0.25, 0.3) is 16.3 Å². The minimum atomic E-state index is -2.40. The second-order valence-electron chi connectivity index (χ2n) is 11.6. The summed E-state index contributed by atoms with van der Waals surface area (Å²) in [4.78, 5) is 0. The molecule has 3 atom stereocenters. The first-order valence-electron chi connectivity index (χ1n) is 14.0. The van der Waals surface area contributed by atoms with Crippen molar-refractivity contribution >= 4 is 23.5 Å². The van der Waals surface area contributed by atoms with E-state index in [-0.39, 0.29) is 28.8 Å². The Morgan fingerprint density at radius 1 is 0.816 bits per heavy atom. The van der Waals surface area contributed by atoms with Gasteiger partial charge in [0.2, 0.25) is 0 Å². The van der Waals surface area contributed by atoms with Crippen LogP contribution in [-0.4, -0.2) is 17.0 Å². The Morgan fingerprint density at radius 2 is 1.55 bits per heavy atom. The van der Waals surface area contributed by atoms with E-state index in [0.29, 0.717) is 0 Å². The van der Waals surface area contributed by atoms with Gasteiger partial charge < -0.3 is 4.57 Å². The van der Waals surface area contributed by atoms with Gasteiger partial charge in [-0.2, -0.15) is 0 Å². The number of allylic oxidation sites excluding steroid dienone is 9. The van der Waals surface area contributed by atoms with Gasteiger partial charge in [0.15, 0.2) is 0 Å². The van der Waals surface area contributed by atoms with Crippen molar-refractivity contribution in [2.75, 3.05) is 0 Å². The quantitative estimate of drug-likeness (QED) is 0.308. The maximum Gasteiger partial charge on any atom is 0.0993 e. The number of hydrogen-bond donors (Lipinski definition) is 0. The lowest BCUT2D eigenvalue weighted by molar-refractivity contribution is 0.553. The summed E-state index contributed by atoms with van der Waals surface area (Å²) in [6, 6.07) is 24.4. The summed E-state index contributed by atoms with van der Waals surface area (Å²) in [5.41, 5.74) is 8.44. The zero-order valence-corrected chi connectivity index (χ0v) is 23.7. The molecule has 0 aliphatic heterocycles. The maximum absolute atomic E-state index is 14.4. The molecule has 0 amide bonds. The van der Waals surface area contributed by atoms with Gasteiger partial charge in [-0.1, -0.05) is 131 Å². The molecule has 0 saturated carbocycles. The molecule has 0 N–H and O–H groups in total. The SMILES string of the molecule is CC(C)P(=O)(C(C)C)C1C=C(C2c3ccccc3C(c3ccc4ccccc4c3)=C3C=CC=CC32)C=CC1. The van der Waals surface area contributed by atoms with Gasteiger partial charge in [-0.05, 0) is 56.7 Å². The van der Waals surface area contributed by atoms with Crippen molar-refractivity contribution in [3.8, 4) is 0 Å². The van der Waals surface area contributed by atoms with Gasteiger partial charge in [0.25, 0.3) is 0 Å². The predicted molar refractivity (Wildman–Crippen MR) is 164 cm³/mol. The lowest BCUT2D eigenvalue weighted by Gasteiger charge is -2.39. The Morgan fingerprint density at radius 3 is 2.34 bits per heavy atom. The highest BCUT2D eigenvalue weighted by molar-refractivity contribution is 7.66. The zero-order valence-electron chi connectivity index (χ0n) is 22.8. The van der Waals surface area contributed by atoms with Crippen molar-refractivity contribution < 1.29 is 4.57 Å². The average molecular weight is 517 g/mol. The van der Waals surface area contributed by atoms with Crippen molar-refractivity contribution in [3.05, 3.63) is 137 Å². The van der Waals surface area contributed by atoms with E-state index >= 15 is 0 Å². The van der Waals surface area contributed by atoms with Crippen LogP contribution in [-0.2, 0) is 4.57 Å². The van der Waals surface area contributed by atoms with E-state index in [9.17, 15) is 4.57 Å². The monoisotopic (exact) mass is 516 g/mol. The van der Waals surface area contributed by atoms with E-state index in [1.807, 2.05) is 0 Å². The van der Waals surface area contributed by atoms with Crippen molar-refractivity contribution in [2.24, 2.45) is 5.92 Å². The minimum absolute atomic E-state index is 0.104. The number of rotatable bonds is 5. The normalized spacial score (nSPS) is 22.7. The van der Waals surface area contributed by atoms with Crippen LogP contribution in [0.2, 0.25) is 0 Å². The molecule has 0 saturated heterocycles. The summed E-state index contributed by atoms with van der Waals surface area (Å²) >= 11 is 0. The summed E-state index contributed by atoms with van der Waals surface area (Å²) < 4.78 is 14.4. The van der Waals surface area contributed by atoms with Crippen LogP contribution < -0.4 is 0 Å². The molecule has 0 spiro atoms.